The van der Waals surface area contributed by atoms with Gasteiger partial charge < -0.3 is 15.0 Å². The maximum Gasteiger partial charge on any atom is 1.00 e. The van der Waals surface area contributed by atoms with E-state index in [0.29, 0.717) is 8.95 Å². The number of carboxylic acids is 2. The van der Waals surface area contributed by atoms with Crippen LogP contribution in [0.25, 0.3) is 0 Å². The first kappa shape index (κ1) is 18.7. The Labute approximate surface area is 172 Å². The molecule has 0 saturated heterocycles. The molecule has 1 rings (SSSR count). The predicted molar refractivity (Wildman–Crippen MR) is 68.5 cm³/mol. The Balaban J connectivity index is 0.00000256. The summed E-state index contributed by atoms with van der Waals surface area (Å²) in [6.07, 6.45) is 0. The van der Waals surface area contributed by atoms with Crippen LogP contribution in [0.5, 0.6) is 0 Å². The van der Waals surface area contributed by atoms with Gasteiger partial charge in [-0.25, -0.2) is 4.79 Å². The largest absolute Gasteiger partial charge is 1.00 e. The van der Waals surface area contributed by atoms with Crippen molar-refractivity contribution in [2.75, 3.05) is 0 Å². The maximum absolute atomic E-state index is 11.0. The number of carbonyl (C=O) groups is 2. The zero-order valence-corrected chi connectivity index (χ0v) is 17.7. The summed E-state index contributed by atoms with van der Waals surface area (Å²) in [5.74, 6) is -2.93. The van der Waals surface area contributed by atoms with E-state index in [9.17, 15) is 14.7 Å². The average Bonchev–Trinajstić information content (AvgIpc) is 2.18. The molecule has 1 N–H and O–H groups in total. The monoisotopic (exact) mass is 516 g/mol. The Kier molecular flexibility index (Phi) is 8.24. The van der Waals surface area contributed by atoms with Gasteiger partial charge in [-0.2, -0.15) is 0 Å². The molecule has 0 spiro atoms. The van der Waals surface area contributed by atoms with Crippen molar-refractivity contribution in [2.24, 2.45) is 0 Å². The number of carbonyl (C=O) groups excluding carboxylic acids is 1. The fraction of sp³-hybridized carbons (Fsp3) is 0. The van der Waals surface area contributed by atoms with Gasteiger partial charge in [0.1, 0.15) is 0 Å². The summed E-state index contributed by atoms with van der Waals surface area (Å²) in [5, 5.41) is 19.9. The van der Waals surface area contributed by atoms with E-state index in [-0.39, 0.29) is 65.9 Å². The fourth-order valence-electron chi connectivity index (χ4n) is 1.02. The van der Waals surface area contributed by atoms with Crippen LogP contribution >= 0.6 is 63.7 Å². The van der Waals surface area contributed by atoms with Gasteiger partial charge in [0, 0.05) is 23.5 Å². The topological polar surface area (TPSA) is 77.4 Å². The van der Waals surface area contributed by atoms with E-state index in [4.69, 9.17) is 5.11 Å². The van der Waals surface area contributed by atoms with E-state index < -0.39 is 17.5 Å². The molecule has 0 unspecified atom stereocenters. The Hall–Kier alpha value is 1.72. The van der Waals surface area contributed by atoms with Crippen LogP contribution in [0.15, 0.2) is 17.9 Å². The Morgan fingerprint density at radius 1 is 0.882 bits per heavy atom. The number of benzene rings is 1. The molecule has 0 radical (unpaired) electrons. The first-order valence-corrected chi connectivity index (χ1v) is 6.76. The van der Waals surface area contributed by atoms with Gasteiger partial charge >= 0.3 is 57.4 Å². The minimum Gasteiger partial charge on any atom is -0.545 e. The molecular weight excluding hydrogens is 519 g/mol. The zero-order chi connectivity index (χ0) is 12.6. The van der Waals surface area contributed by atoms with Crippen molar-refractivity contribution < 1.29 is 71.2 Å². The maximum atomic E-state index is 11.0. The minimum atomic E-state index is -1.57. The molecule has 0 bridgehead atoms. The molecule has 0 amide bonds. The predicted octanol–water partition coefficient (Wildman–Crippen LogP) is -0.198. The van der Waals surface area contributed by atoms with E-state index in [1.54, 1.807) is 0 Å². The van der Waals surface area contributed by atoms with Gasteiger partial charge in [-0.05, 0) is 63.7 Å². The van der Waals surface area contributed by atoms with Crippen molar-refractivity contribution in [1.29, 1.82) is 0 Å². The molecular formula is C8HBr4KO4. The fourth-order valence-corrected chi connectivity index (χ4v) is 3.47. The summed E-state index contributed by atoms with van der Waals surface area (Å²) in [5.41, 5.74) is -0.795. The number of carboxylic acid groups (broad SMARTS) is 2. The molecule has 0 aliphatic heterocycles. The van der Waals surface area contributed by atoms with Crippen LogP contribution in [0.4, 0.5) is 0 Å². The molecule has 86 valence electrons. The second kappa shape index (κ2) is 7.49. The van der Waals surface area contributed by atoms with Gasteiger partial charge in [0.25, 0.3) is 0 Å². The van der Waals surface area contributed by atoms with Gasteiger partial charge in [0.2, 0.25) is 0 Å². The van der Waals surface area contributed by atoms with Crippen LogP contribution in [-0.2, 0) is 0 Å². The quantitative estimate of drug-likeness (QED) is 0.334. The number of hydrogen-bond donors (Lipinski definition) is 1. The summed E-state index contributed by atoms with van der Waals surface area (Å²) < 4.78 is 1.04. The van der Waals surface area contributed by atoms with Gasteiger partial charge in [0.05, 0.1) is 11.5 Å². The second-order valence-electron chi connectivity index (χ2n) is 2.60. The number of aromatic carboxylic acids is 2. The third-order valence-corrected chi connectivity index (χ3v) is 6.45. The van der Waals surface area contributed by atoms with Crippen LogP contribution in [0.1, 0.15) is 20.7 Å². The van der Waals surface area contributed by atoms with Crippen molar-refractivity contribution in [1.82, 2.24) is 0 Å². The van der Waals surface area contributed by atoms with E-state index in [1.165, 1.54) is 0 Å². The van der Waals surface area contributed by atoms with Crippen molar-refractivity contribution >= 4 is 75.7 Å². The molecule has 0 aliphatic rings. The molecule has 17 heavy (non-hydrogen) atoms. The molecule has 9 heteroatoms. The van der Waals surface area contributed by atoms with Crippen LogP contribution in [0.3, 0.4) is 0 Å². The average molecular weight is 520 g/mol. The van der Waals surface area contributed by atoms with Crippen molar-refractivity contribution in [3.8, 4) is 0 Å². The summed E-state index contributed by atoms with van der Waals surface area (Å²) >= 11 is 12.3. The third-order valence-electron chi connectivity index (χ3n) is 1.69. The van der Waals surface area contributed by atoms with Crippen LogP contribution in [-0.4, -0.2) is 17.0 Å². The Morgan fingerprint density at radius 2 is 1.24 bits per heavy atom. The molecule has 0 fully saturated rings. The summed E-state index contributed by atoms with van der Waals surface area (Å²) in [7, 11) is 0. The Morgan fingerprint density at radius 3 is 1.53 bits per heavy atom. The first-order valence-electron chi connectivity index (χ1n) is 3.59. The molecule has 0 saturated carbocycles. The summed E-state index contributed by atoms with van der Waals surface area (Å²) in [6.45, 7) is 0. The summed E-state index contributed by atoms with van der Waals surface area (Å²) in [4.78, 5) is 21.9. The first-order chi connectivity index (χ1) is 7.29. The smallest absolute Gasteiger partial charge is 0.545 e. The number of halogens is 4. The minimum absolute atomic E-state index is 0. The van der Waals surface area contributed by atoms with Crippen molar-refractivity contribution in [3.05, 3.63) is 29.0 Å². The van der Waals surface area contributed by atoms with Gasteiger partial charge in [0.15, 0.2) is 0 Å². The number of hydrogen-bond acceptors (Lipinski definition) is 3. The Bertz CT molecular complexity index is 458. The standard InChI is InChI=1S/C8H2Br4O4.K/c9-3-1(7(13)14)2(8(15)16)4(10)6(12)5(3)11;/h(H,13,14)(H,15,16);/q;+1/p-1. The number of rotatable bonds is 2. The summed E-state index contributed by atoms with van der Waals surface area (Å²) in [6, 6.07) is 0. The molecule has 1 aromatic carbocycles. The van der Waals surface area contributed by atoms with Crippen LogP contribution < -0.4 is 56.5 Å². The van der Waals surface area contributed by atoms with Gasteiger partial charge in [-0.15, -0.1) is 0 Å². The molecule has 1 aromatic rings. The molecule has 0 aliphatic carbocycles. The van der Waals surface area contributed by atoms with Crippen LogP contribution in [0, 0.1) is 0 Å². The van der Waals surface area contributed by atoms with Crippen LogP contribution in [0.2, 0.25) is 0 Å². The molecule has 0 heterocycles. The zero-order valence-electron chi connectivity index (χ0n) is 8.18. The molecule has 0 atom stereocenters. The van der Waals surface area contributed by atoms with Crippen molar-refractivity contribution in [3.63, 3.8) is 0 Å². The second-order valence-corrected chi connectivity index (χ2v) is 5.77. The SMILES string of the molecule is O=C([O-])c1c(Br)c(Br)c(Br)c(Br)c1C(=O)O.[K+]. The van der Waals surface area contributed by atoms with Gasteiger partial charge in [-0.3, -0.25) is 0 Å². The third kappa shape index (κ3) is 3.85. The van der Waals surface area contributed by atoms with E-state index in [1.807, 2.05) is 0 Å². The normalized spacial score (nSPS) is 9.65. The van der Waals surface area contributed by atoms with Crippen molar-refractivity contribution in [2.45, 2.75) is 0 Å². The van der Waals surface area contributed by atoms with E-state index in [0.717, 1.165) is 0 Å². The van der Waals surface area contributed by atoms with E-state index >= 15 is 0 Å². The molecule has 0 aromatic heterocycles. The van der Waals surface area contributed by atoms with Gasteiger partial charge in [-0.1, -0.05) is 0 Å². The molecule has 4 nitrogen and oxygen atoms in total. The van der Waals surface area contributed by atoms with E-state index in [2.05, 4.69) is 63.7 Å².